The SMILES string of the molecule is Cc1noc(NC(=O)c2cc(C)[nH]n2)n1. The molecule has 7 nitrogen and oxygen atoms in total. The van der Waals surface area contributed by atoms with Crippen molar-refractivity contribution in [1.82, 2.24) is 20.3 Å². The third-order valence-electron chi connectivity index (χ3n) is 1.69. The summed E-state index contributed by atoms with van der Waals surface area (Å²) in [6, 6.07) is 1.69. The molecule has 0 bridgehead atoms. The Morgan fingerprint density at radius 2 is 2.33 bits per heavy atom. The Kier molecular flexibility index (Phi) is 2.20. The fourth-order valence-corrected chi connectivity index (χ4v) is 1.04. The Hall–Kier alpha value is -2.18. The maximum atomic E-state index is 11.5. The van der Waals surface area contributed by atoms with E-state index in [0.717, 1.165) is 5.69 Å². The van der Waals surface area contributed by atoms with Crippen LogP contribution in [-0.4, -0.2) is 26.2 Å². The maximum absolute atomic E-state index is 11.5. The van der Waals surface area contributed by atoms with Gasteiger partial charge >= 0.3 is 6.01 Å². The van der Waals surface area contributed by atoms with Crippen molar-refractivity contribution in [3.05, 3.63) is 23.3 Å². The van der Waals surface area contributed by atoms with Gasteiger partial charge in [0.15, 0.2) is 11.5 Å². The van der Waals surface area contributed by atoms with Crippen LogP contribution in [0.5, 0.6) is 0 Å². The van der Waals surface area contributed by atoms with Crippen LogP contribution in [0.15, 0.2) is 10.6 Å². The minimum atomic E-state index is -0.386. The van der Waals surface area contributed by atoms with E-state index < -0.39 is 0 Å². The van der Waals surface area contributed by atoms with Gasteiger partial charge in [-0.05, 0) is 19.9 Å². The number of carbonyl (C=O) groups excluding carboxylic acids is 1. The molecule has 0 fully saturated rings. The summed E-state index contributed by atoms with van der Waals surface area (Å²) in [7, 11) is 0. The highest BCUT2D eigenvalue weighted by atomic mass is 16.5. The Morgan fingerprint density at radius 1 is 1.53 bits per heavy atom. The van der Waals surface area contributed by atoms with E-state index in [0.29, 0.717) is 5.82 Å². The topological polar surface area (TPSA) is 96.7 Å². The predicted molar refractivity (Wildman–Crippen MR) is 50.3 cm³/mol. The van der Waals surface area contributed by atoms with Crippen molar-refractivity contribution < 1.29 is 9.32 Å². The lowest BCUT2D eigenvalue weighted by Crippen LogP contribution is -2.12. The number of amides is 1. The van der Waals surface area contributed by atoms with Gasteiger partial charge in [-0.25, -0.2) is 0 Å². The minimum absolute atomic E-state index is 0.0677. The molecule has 0 aliphatic heterocycles. The Morgan fingerprint density at radius 3 is 2.87 bits per heavy atom. The fraction of sp³-hybridized carbons (Fsp3) is 0.250. The van der Waals surface area contributed by atoms with Crippen LogP contribution in [0.1, 0.15) is 22.0 Å². The van der Waals surface area contributed by atoms with Gasteiger partial charge in [0.05, 0.1) is 0 Å². The predicted octanol–water partition coefficient (Wildman–Crippen LogP) is 0.662. The summed E-state index contributed by atoms with van der Waals surface area (Å²) in [4.78, 5) is 15.4. The van der Waals surface area contributed by atoms with Crippen molar-refractivity contribution >= 4 is 11.9 Å². The zero-order chi connectivity index (χ0) is 10.8. The second-order valence-electron chi connectivity index (χ2n) is 3.04. The molecule has 0 saturated carbocycles. The maximum Gasteiger partial charge on any atom is 0.328 e. The van der Waals surface area contributed by atoms with Crippen molar-refractivity contribution in [2.24, 2.45) is 0 Å². The van der Waals surface area contributed by atoms with Crippen molar-refractivity contribution in [3.63, 3.8) is 0 Å². The molecule has 0 radical (unpaired) electrons. The molecule has 0 saturated heterocycles. The molecule has 2 aromatic heterocycles. The van der Waals surface area contributed by atoms with E-state index >= 15 is 0 Å². The van der Waals surface area contributed by atoms with E-state index in [1.54, 1.807) is 19.9 Å². The van der Waals surface area contributed by atoms with E-state index in [1.165, 1.54) is 0 Å². The number of hydrogen-bond acceptors (Lipinski definition) is 5. The molecule has 0 aromatic carbocycles. The summed E-state index contributed by atoms with van der Waals surface area (Å²) >= 11 is 0. The molecular formula is C8H9N5O2. The normalized spacial score (nSPS) is 10.3. The van der Waals surface area contributed by atoms with Gasteiger partial charge in [0.25, 0.3) is 5.91 Å². The number of nitrogens with zero attached hydrogens (tertiary/aromatic N) is 3. The summed E-state index contributed by atoms with van der Waals surface area (Å²) in [6.45, 7) is 3.47. The number of anilines is 1. The number of aromatic amines is 1. The number of nitrogens with one attached hydrogen (secondary N) is 2. The number of H-pyrrole nitrogens is 1. The molecular weight excluding hydrogens is 198 g/mol. The molecule has 1 amide bonds. The molecule has 0 aliphatic carbocycles. The molecule has 78 valence electrons. The van der Waals surface area contributed by atoms with Gasteiger partial charge in [-0.15, -0.1) is 0 Å². The molecule has 2 N–H and O–H groups in total. The molecule has 0 spiro atoms. The van der Waals surface area contributed by atoms with Crippen LogP contribution in [0.2, 0.25) is 0 Å². The van der Waals surface area contributed by atoms with Crippen molar-refractivity contribution in [3.8, 4) is 0 Å². The molecule has 2 heterocycles. The van der Waals surface area contributed by atoms with Gasteiger partial charge in [-0.2, -0.15) is 10.1 Å². The molecule has 2 aromatic rings. The first kappa shape index (κ1) is 9.38. The van der Waals surface area contributed by atoms with Crippen LogP contribution in [0.25, 0.3) is 0 Å². The summed E-state index contributed by atoms with van der Waals surface area (Å²) in [5.74, 6) is 0.0755. The number of hydrogen-bond donors (Lipinski definition) is 2. The lowest BCUT2D eigenvalue weighted by molar-refractivity contribution is 0.101. The Balaban J connectivity index is 2.10. The molecule has 2 rings (SSSR count). The fourth-order valence-electron chi connectivity index (χ4n) is 1.04. The van der Waals surface area contributed by atoms with Gasteiger partial charge in [0, 0.05) is 5.69 Å². The number of rotatable bonds is 2. The van der Waals surface area contributed by atoms with Gasteiger partial charge in [0.2, 0.25) is 0 Å². The molecule has 15 heavy (non-hydrogen) atoms. The first-order chi connectivity index (χ1) is 7.15. The first-order valence-corrected chi connectivity index (χ1v) is 4.29. The highest BCUT2D eigenvalue weighted by Gasteiger charge is 2.12. The molecule has 0 atom stereocenters. The second-order valence-corrected chi connectivity index (χ2v) is 3.04. The second kappa shape index (κ2) is 3.52. The van der Waals surface area contributed by atoms with Gasteiger partial charge < -0.3 is 4.52 Å². The first-order valence-electron chi connectivity index (χ1n) is 4.29. The van der Waals surface area contributed by atoms with Crippen LogP contribution in [0, 0.1) is 13.8 Å². The third kappa shape index (κ3) is 2.01. The van der Waals surface area contributed by atoms with Gasteiger partial charge in [-0.1, -0.05) is 5.16 Å². The summed E-state index contributed by atoms with van der Waals surface area (Å²) in [6.07, 6.45) is 0. The Labute approximate surface area is 84.9 Å². The number of aryl methyl sites for hydroxylation is 2. The van der Waals surface area contributed by atoms with Crippen molar-refractivity contribution in [2.75, 3.05) is 5.32 Å². The van der Waals surface area contributed by atoms with Crippen LogP contribution in [0.3, 0.4) is 0 Å². The van der Waals surface area contributed by atoms with Crippen LogP contribution >= 0.6 is 0 Å². The monoisotopic (exact) mass is 207 g/mol. The molecule has 0 unspecified atom stereocenters. The average Bonchev–Trinajstić information content (AvgIpc) is 2.75. The van der Waals surface area contributed by atoms with E-state index in [1.807, 2.05) is 0 Å². The quantitative estimate of drug-likeness (QED) is 0.754. The lowest BCUT2D eigenvalue weighted by Gasteiger charge is -1.93. The number of carbonyl (C=O) groups is 1. The van der Waals surface area contributed by atoms with Crippen molar-refractivity contribution in [1.29, 1.82) is 0 Å². The zero-order valence-corrected chi connectivity index (χ0v) is 8.24. The number of aromatic nitrogens is 4. The highest BCUT2D eigenvalue weighted by molar-refractivity contribution is 6.01. The van der Waals surface area contributed by atoms with Gasteiger partial charge in [-0.3, -0.25) is 15.2 Å². The summed E-state index contributed by atoms with van der Waals surface area (Å²) in [5, 5.41) is 12.4. The van der Waals surface area contributed by atoms with Crippen LogP contribution in [-0.2, 0) is 0 Å². The van der Waals surface area contributed by atoms with E-state index in [9.17, 15) is 4.79 Å². The van der Waals surface area contributed by atoms with Crippen molar-refractivity contribution in [2.45, 2.75) is 13.8 Å². The lowest BCUT2D eigenvalue weighted by atomic mass is 10.3. The van der Waals surface area contributed by atoms with E-state index in [-0.39, 0.29) is 17.6 Å². The largest absolute Gasteiger partial charge is 0.328 e. The van der Waals surface area contributed by atoms with Crippen LogP contribution < -0.4 is 5.32 Å². The zero-order valence-electron chi connectivity index (χ0n) is 8.24. The average molecular weight is 207 g/mol. The molecule has 7 heteroatoms. The van der Waals surface area contributed by atoms with E-state index in [2.05, 4.69) is 25.7 Å². The van der Waals surface area contributed by atoms with E-state index in [4.69, 9.17) is 4.52 Å². The highest BCUT2D eigenvalue weighted by Crippen LogP contribution is 2.05. The summed E-state index contributed by atoms with van der Waals surface area (Å²) < 4.78 is 4.73. The van der Waals surface area contributed by atoms with Crippen LogP contribution in [0.4, 0.5) is 6.01 Å². The third-order valence-corrected chi connectivity index (χ3v) is 1.69. The standard InChI is InChI=1S/C8H9N5O2/c1-4-3-6(12-11-4)7(14)10-8-9-5(2)13-15-8/h3H,1-2H3,(H,11,12)(H,9,10,13,14). The van der Waals surface area contributed by atoms with Gasteiger partial charge in [0.1, 0.15) is 0 Å². The minimum Gasteiger partial charge on any atom is -0.315 e. The molecule has 0 aliphatic rings. The smallest absolute Gasteiger partial charge is 0.315 e. The summed E-state index contributed by atoms with van der Waals surface area (Å²) in [5.41, 5.74) is 1.09. The Bertz CT molecular complexity index is 487.